The minimum Gasteiger partial charge on any atom is -0.506 e. The molecule has 104 valence electrons. The highest BCUT2D eigenvalue weighted by Crippen LogP contribution is 2.28. The molecule has 2 N–H and O–H groups in total. The first-order valence-corrected chi connectivity index (χ1v) is 5.94. The van der Waals surface area contributed by atoms with Gasteiger partial charge in [0.1, 0.15) is 11.5 Å². The minimum atomic E-state index is -0.549. The number of non-ortho nitro benzene ring substituents is 1. The number of phenolic OH excluding ortho intramolecular Hbond substituents is 1. The molecule has 0 aliphatic heterocycles. The molecule has 0 bridgehead atoms. The van der Waals surface area contributed by atoms with Gasteiger partial charge in [-0.15, -0.1) is 0 Å². The number of aromatic hydroxyl groups is 1. The molecule has 0 aliphatic rings. The van der Waals surface area contributed by atoms with E-state index in [1.165, 1.54) is 12.1 Å². The number of nitrogens with one attached hydrogen (secondary N) is 1. The van der Waals surface area contributed by atoms with Crippen LogP contribution in [0.3, 0.4) is 0 Å². The van der Waals surface area contributed by atoms with E-state index in [-0.39, 0.29) is 11.4 Å². The van der Waals surface area contributed by atoms with Crippen molar-refractivity contribution in [2.75, 3.05) is 12.4 Å². The smallest absolute Gasteiger partial charge is 0.273 e. The minimum absolute atomic E-state index is 0.141. The average molecular weight is 274 g/mol. The van der Waals surface area contributed by atoms with Gasteiger partial charge >= 0.3 is 0 Å². The fourth-order valence-electron chi connectivity index (χ4n) is 1.72. The summed E-state index contributed by atoms with van der Waals surface area (Å²) in [5.41, 5.74) is 1.31. The van der Waals surface area contributed by atoms with Gasteiger partial charge in [-0.3, -0.25) is 10.1 Å². The van der Waals surface area contributed by atoms with Crippen LogP contribution in [0.25, 0.3) is 0 Å². The summed E-state index contributed by atoms with van der Waals surface area (Å²) in [6, 6.07) is 11.4. The summed E-state index contributed by atoms with van der Waals surface area (Å²) < 4.78 is 5.06. The van der Waals surface area contributed by atoms with Crippen LogP contribution in [-0.2, 0) is 6.54 Å². The van der Waals surface area contributed by atoms with E-state index in [4.69, 9.17) is 4.74 Å². The third-order valence-corrected chi connectivity index (χ3v) is 2.83. The lowest BCUT2D eigenvalue weighted by Crippen LogP contribution is -2.00. The lowest BCUT2D eigenvalue weighted by Gasteiger charge is -2.09. The van der Waals surface area contributed by atoms with Crippen molar-refractivity contribution in [3.63, 3.8) is 0 Å². The van der Waals surface area contributed by atoms with E-state index in [9.17, 15) is 15.2 Å². The average Bonchev–Trinajstić information content (AvgIpc) is 2.46. The first-order valence-electron chi connectivity index (χ1n) is 5.94. The highest BCUT2D eigenvalue weighted by atomic mass is 16.6. The molecule has 0 saturated carbocycles. The Hall–Kier alpha value is -2.76. The Kier molecular flexibility index (Phi) is 4.05. The number of nitro groups is 1. The van der Waals surface area contributed by atoms with Crippen LogP contribution in [0.15, 0.2) is 42.5 Å². The molecular weight excluding hydrogens is 260 g/mol. The van der Waals surface area contributed by atoms with Crippen molar-refractivity contribution >= 4 is 11.4 Å². The summed E-state index contributed by atoms with van der Waals surface area (Å²) in [5.74, 6) is 0.625. The number of hydrogen-bond acceptors (Lipinski definition) is 5. The SMILES string of the molecule is COc1ccc(CNc2ccc([N+](=O)[O-])cc2O)cc1. The van der Waals surface area contributed by atoms with Gasteiger partial charge in [0.25, 0.3) is 5.69 Å². The fraction of sp³-hybridized carbons (Fsp3) is 0.143. The van der Waals surface area contributed by atoms with Crippen LogP contribution in [0.4, 0.5) is 11.4 Å². The second-order valence-corrected chi connectivity index (χ2v) is 4.16. The molecule has 0 aliphatic carbocycles. The highest BCUT2D eigenvalue weighted by molar-refractivity contribution is 5.60. The lowest BCUT2D eigenvalue weighted by atomic mass is 10.2. The summed E-state index contributed by atoms with van der Waals surface area (Å²) in [7, 11) is 1.60. The van der Waals surface area contributed by atoms with E-state index in [2.05, 4.69) is 5.32 Å². The third-order valence-electron chi connectivity index (χ3n) is 2.83. The van der Waals surface area contributed by atoms with Crippen molar-refractivity contribution < 1.29 is 14.8 Å². The normalized spacial score (nSPS) is 10.1. The number of hydrogen-bond donors (Lipinski definition) is 2. The molecule has 2 aromatic rings. The number of rotatable bonds is 5. The Morgan fingerprint density at radius 2 is 1.95 bits per heavy atom. The van der Waals surface area contributed by atoms with E-state index >= 15 is 0 Å². The predicted molar refractivity (Wildman–Crippen MR) is 75.1 cm³/mol. The Morgan fingerprint density at radius 3 is 2.50 bits per heavy atom. The molecule has 0 atom stereocenters. The van der Waals surface area contributed by atoms with Gasteiger partial charge in [-0.1, -0.05) is 12.1 Å². The van der Waals surface area contributed by atoms with Crippen LogP contribution >= 0.6 is 0 Å². The molecule has 0 saturated heterocycles. The summed E-state index contributed by atoms with van der Waals surface area (Å²) in [6.07, 6.45) is 0. The molecule has 0 heterocycles. The van der Waals surface area contributed by atoms with E-state index < -0.39 is 4.92 Å². The van der Waals surface area contributed by atoms with Gasteiger partial charge in [-0.05, 0) is 23.8 Å². The van der Waals surface area contributed by atoms with Crippen molar-refractivity contribution in [2.24, 2.45) is 0 Å². The number of phenols is 1. The van der Waals surface area contributed by atoms with Gasteiger partial charge in [0.2, 0.25) is 0 Å². The molecule has 2 rings (SSSR count). The van der Waals surface area contributed by atoms with Gasteiger partial charge in [0.05, 0.1) is 23.8 Å². The van der Waals surface area contributed by atoms with Crippen LogP contribution in [-0.4, -0.2) is 17.1 Å². The van der Waals surface area contributed by atoms with E-state index in [0.717, 1.165) is 17.4 Å². The zero-order chi connectivity index (χ0) is 14.5. The molecule has 0 fully saturated rings. The molecule has 0 unspecified atom stereocenters. The van der Waals surface area contributed by atoms with Gasteiger partial charge < -0.3 is 15.2 Å². The van der Waals surface area contributed by atoms with Crippen molar-refractivity contribution in [2.45, 2.75) is 6.54 Å². The maximum Gasteiger partial charge on any atom is 0.273 e. The summed E-state index contributed by atoms with van der Waals surface area (Å²) >= 11 is 0. The van der Waals surface area contributed by atoms with Crippen LogP contribution in [0.2, 0.25) is 0 Å². The van der Waals surface area contributed by atoms with Crippen LogP contribution in [0.5, 0.6) is 11.5 Å². The maximum absolute atomic E-state index is 10.6. The van der Waals surface area contributed by atoms with Gasteiger partial charge in [0, 0.05) is 12.6 Å². The standard InChI is InChI=1S/C14H14N2O4/c1-20-12-5-2-10(3-6-12)9-15-13-7-4-11(16(18)19)8-14(13)17/h2-8,15,17H,9H2,1H3. The van der Waals surface area contributed by atoms with Crippen LogP contribution in [0.1, 0.15) is 5.56 Å². The monoisotopic (exact) mass is 274 g/mol. The number of nitrogens with zero attached hydrogens (tertiary/aromatic N) is 1. The molecule has 6 heteroatoms. The molecule has 20 heavy (non-hydrogen) atoms. The lowest BCUT2D eigenvalue weighted by molar-refractivity contribution is -0.384. The number of benzene rings is 2. The zero-order valence-corrected chi connectivity index (χ0v) is 10.9. The highest BCUT2D eigenvalue weighted by Gasteiger charge is 2.09. The second-order valence-electron chi connectivity index (χ2n) is 4.16. The molecule has 0 amide bonds. The number of nitro benzene ring substituents is 1. The van der Waals surface area contributed by atoms with Crippen LogP contribution in [0, 0.1) is 10.1 Å². The zero-order valence-electron chi connectivity index (χ0n) is 10.9. The Labute approximate surface area is 115 Å². The number of anilines is 1. The van der Waals surface area contributed by atoms with Crippen LogP contribution < -0.4 is 10.1 Å². The third kappa shape index (κ3) is 3.17. The molecule has 2 aromatic carbocycles. The number of ether oxygens (including phenoxy) is 1. The van der Waals surface area contributed by atoms with E-state index in [1.807, 2.05) is 24.3 Å². The Balaban J connectivity index is 2.04. The van der Waals surface area contributed by atoms with Crippen molar-refractivity contribution in [1.82, 2.24) is 0 Å². The predicted octanol–water partition coefficient (Wildman–Crippen LogP) is 2.92. The topological polar surface area (TPSA) is 84.6 Å². The van der Waals surface area contributed by atoms with Crippen molar-refractivity contribution in [3.05, 3.63) is 58.1 Å². The van der Waals surface area contributed by atoms with Gasteiger partial charge in [-0.25, -0.2) is 0 Å². The first kappa shape index (κ1) is 13.7. The number of methoxy groups -OCH3 is 1. The molecule has 6 nitrogen and oxygen atoms in total. The summed E-state index contributed by atoms with van der Waals surface area (Å²) in [4.78, 5) is 10.0. The van der Waals surface area contributed by atoms with Crippen molar-refractivity contribution in [3.8, 4) is 11.5 Å². The summed E-state index contributed by atoms with van der Waals surface area (Å²) in [6.45, 7) is 0.495. The van der Waals surface area contributed by atoms with Gasteiger partial charge in [0.15, 0.2) is 0 Å². The second kappa shape index (κ2) is 5.92. The van der Waals surface area contributed by atoms with Gasteiger partial charge in [-0.2, -0.15) is 0 Å². The molecule has 0 spiro atoms. The fourth-order valence-corrected chi connectivity index (χ4v) is 1.72. The molecular formula is C14H14N2O4. The Morgan fingerprint density at radius 1 is 1.25 bits per heavy atom. The summed E-state index contributed by atoms with van der Waals surface area (Å²) in [5, 5.41) is 23.3. The van der Waals surface area contributed by atoms with Crippen molar-refractivity contribution in [1.29, 1.82) is 0 Å². The maximum atomic E-state index is 10.6. The molecule has 0 radical (unpaired) electrons. The van der Waals surface area contributed by atoms with E-state index in [0.29, 0.717) is 12.2 Å². The Bertz CT molecular complexity index is 611. The molecule has 0 aromatic heterocycles. The quantitative estimate of drug-likeness (QED) is 0.497. The van der Waals surface area contributed by atoms with E-state index in [1.54, 1.807) is 7.11 Å². The largest absolute Gasteiger partial charge is 0.506 e. The first-order chi connectivity index (χ1) is 9.60.